The van der Waals surface area contributed by atoms with Gasteiger partial charge in [0.05, 0.1) is 6.42 Å². The highest BCUT2D eigenvalue weighted by Crippen LogP contribution is 2.18. The van der Waals surface area contributed by atoms with Gasteiger partial charge in [-0.05, 0) is 37.5 Å². The zero-order chi connectivity index (χ0) is 16.3. The van der Waals surface area contributed by atoms with Crippen LogP contribution in [0, 0.1) is 20.8 Å². The van der Waals surface area contributed by atoms with Crippen LogP contribution in [0.4, 0.5) is 0 Å². The number of hydrogen-bond donors (Lipinski definition) is 1. The van der Waals surface area contributed by atoms with Crippen LogP contribution in [0.3, 0.4) is 0 Å². The Labute approximate surface area is 130 Å². The fourth-order valence-corrected chi connectivity index (χ4v) is 2.75. The van der Waals surface area contributed by atoms with E-state index in [1.165, 1.54) is 16.7 Å². The Kier molecular flexibility index (Phi) is 4.90. The van der Waals surface area contributed by atoms with Crippen molar-refractivity contribution < 1.29 is 4.79 Å². The summed E-state index contributed by atoms with van der Waals surface area (Å²) in [7, 11) is 1.82. The summed E-state index contributed by atoms with van der Waals surface area (Å²) in [5, 5.41) is 13.9. The molecule has 1 heterocycles. The van der Waals surface area contributed by atoms with Crippen molar-refractivity contribution in [3.05, 3.63) is 40.2 Å². The number of carbonyl (C=O) groups excluding carboxylic acids is 1. The number of likely N-dealkylation sites (N-methyl/N-ethyl adjacent to an activating group) is 1. The van der Waals surface area contributed by atoms with Gasteiger partial charge in [-0.25, -0.2) is 0 Å². The molecule has 1 amide bonds. The van der Waals surface area contributed by atoms with Gasteiger partial charge in [0.15, 0.2) is 5.82 Å². The molecular weight excluding hydrogens is 278 g/mol. The summed E-state index contributed by atoms with van der Waals surface area (Å²) in [6.07, 6.45) is 0.424. The lowest BCUT2D eigenvalue weighted by Gasteiger charge is -2.21. The van der Waals surface area contributed by atoms with Gasteiger partial charge in [-0.2, -0.15) is 5.21 Å². The molecule has 0 unspecified atom stereocenters. The molecule has 0 bridgehead atoms. The van der Waals surface area contributed by atoms with Crippen LogP contribution in [0.15, 0.2) is 12.1 Å². The smallest absolute Gasteiger partial charge is 0.226 e. The summed E-state index contributed by atoms with van der Waals surface area (Å²) in [4.78, 5) is 14.2. The van der Waals surface area contributed by atoms with Crippen molar-refractivity contribution in [3.8, 4) is 0 Å². The largest absolute Gasteiger partial charge is 0.345 e. The standard InChI is InChI=1S/C16H23N5O/c1-10-6-11(2)14(12(3)7-10)8-15(22)21(5)9-13(4)16-17-19-20-18-16/h6-7,13H,8-9H2,1-5H3,(H,17,18,19,20)/t13-/m1/s1. The maximum atomic E-state index is 12.5. The fourth-order valence-electron chi connectivity index (χ4n) is 2.75. The van der Waals surface area contributed by atoms with E-state index in [-0.39, 0.29) is 11.8 Å². The second-order valence-electron chi connectivity index (χ2n) is 6.00. The van der Waals surface area contributed by atoms with Crippen LogP contribution in [0.1, 0.15) is 40.9 Å². The van der Waals surface area contributed by atoms with Gasteiger partial charge >= 0.3 is 0 Å². The number of rotatable bonds is 5. The zero-order valence-corrected chi connectivity index (χ0v) is 13.8. The summed E-state index contributed by atoms with van der Waals surface area (Å²) in [5.74, 6) is 0.778. The highest BCUT2D eigenvalue weighted by atomic mass is 16.2. The highest BCUT2D eigenvalue weighted by Gasteiger charge is 2.18. The van der Waals surface area contributed by atoms with E-state index in [0.29, 0.717) is 18.8 Å². The molecule has 0 saturated carbocycles. The third-order valence-electron chi connectivity index (χ3n) is 3.94. The number of aromatic nitrogens is 4. The molecule has 0 aliphatic carbocycles. The molecule has 118 valence electrons. The average molecular weight is 301 g/mol. The van der Waals surface area contributed by atoms with Crippen LogP contribution in [0.2, 0.25) is 0 Å². The molecule has 1 aromatic carbocycles. The second kappa shape index (κ2) is 6.68. The molecule has 0 aliphatic rings. The molecule has 6 nitrogen and oxygen atoms in total. The second-order valence-corrected chi connectivity index (χ2v) is 6.00. The Bertz CT molecular complexity index is 628. The first-order valence-corrected chi connectivity index (χ1v) is 7.42. The van der Waals surface area contributed by atoms with E-state index in [1.807, 2.05) is 14.0 Å². The van der Waals surface area contributed by atoms with E-state index in [4.69, 9.17) is 0 Å². The van der Waals surface area contributed by atoms with Crippen molar-refractivity contribution in [2.45, 2.75) is 40.0 Å². The van der Waals surface area contributed by atoms with E-state index < -0.39 is 0 Å². The quantitative estimate of drug-likeness (QED) is 0.915. The molecule has 1 atom stereocenters. The third kappa shape index (κ3) is 3.69. The summed E-state index contributed by atoms with van der Waals surface area (Å²) in [6, 6.07) is 4.25. The van der Waals surface area contributed by atoms with Crippen LogP contribution < -0.4 is 0 Å². The fraction of sp³-hybridized carbons (Fsp3) is 0.500. The van der Waals surface area contributed by atoms with Crippen molar-refractivity contribution in [3.63, 3.8) is 0 Å². The SMILES string of the molecule is Cc1cc(C)c(CC(=O)N(C)C[C@@H](C)c2nn[nH]n2)c(C)c1. The zero-order valence-electron chi connectivity index (χ0n) is 13.8. The van der Waals surface area contributed by atoms with Crippen molar-refractivity contribution in [2.24, 2.45) is 0 Å². The van der Waals surface area contributed by atoms with Gasteiger partial charge in [0.25, 0.3) is 0 Å². The van der Waals surface area contributed by atoms with Crippen LogP contribution in [0.25, 0.3) is 0 Å². The van der Waals surface area contributed by atoms with E-state index in [1.54, 1.807) is 4.90 Å². The lowest BCUT2D eigenvalue weighted by Crippen LogP contribution is -2.32. The van der Waals surface area contributed by atoms with E-state index in [2.05, 4.69) is 53.5 Å². The monoisotopic (exact) mass is 301 g/mol. The number of hydrogen-bond acceptors (Lipinski definition) is 4. The number of nitrogens with one attached hydrogen (secondary N) is 1. The predicted octanol–water partition coefficient (Wildman–Crippen LogP) is 1.93. The molecule has 1 N–H and O–H groups in total. The topological polar surface area (TPSA) is 74.8 Å². The van der Waals surface area contributed by atoms with E-state index in [0.717, 1.165) is 5.56 Å². The number of carbonyl (C=O) groups is 1. The molecular formula is C16H23N5O. The minimum Gasteiger partial charge on any atom is -0.345 e. The Morgan fingerprint density at radius 1 is 1.27 bits per heavy atom. The molecule has 2 aromatic rings. The van der Waals surface area contributed by atoms with Gasteiger partial charge < -0.3 is 4.90 Å². The molecule has 0 saturated heterocycles. The lowest BCUT2D eigenvalue weighted by molar-refractivity contribution is -0.129. The number of amides is 1. The maximum Gasteiger partial charge on any atom is 0.226 e. The normalized spacial score (nSPS) is 12.2. The van der Waals surface area contributed by atoms with Gasteiger partial charge in [-0.1, -0.05) is 29.8 Å². The summed E-state index contributed by atoms with van der Waals surface area (Å²) >= 11 is 0. The Morgan fingerprint density at radius 3 is 2.45 bits per heavy atom. The number of H-pyrrole nitrogens is 1. The summed E-state index contributed by atoms with van der Waals surface area (Å²) in [6.45, 7) is 8.75. The van der Waals surface area contributed by atoms with Crippen LogP contribution in [-0.2, 0) is 11.2 Å². The number of benzene rings is 1. The Balaban J connectivity index is 2.03. The maximum absolute atomic E-state index is 12.5. The average Bonchev–Trinajstić information content (AvgIpc) is 2.96. The lowest BCUT2D eigenvalue weighted by atomic mass is 9.97. The predicted molar refractivity (Wildman–Crippen MR) is 84.6 cm³/mol. The highest BCUT2D eigenvalue weighted by molar-refractivity contribution is 5.79. The van der Waals surface area contributed by atoms with E-state index in [9.17, 15) is 4.79 Å². The molecule has 6 heteroatoms. The van der Waals surface area contributed by atoms with Crippen molar-refractivity contribution in [1.29, 1.82) is 0 Å². The van der Waals surface area contributed by atoms with Gasteiger partial charge in [-0.15, -0.1) is 10.2 Å². The molecule has 1 aromatic heterocycles. The van der Waals surface area contributed by atoms with Gasteiger partial charge in [0.2, 0.25) is 5.91 Å². The Morgan fingerprint density at radius 2 is 1.91 bits per heavy atom. The Hall–Kier alpha value is -2.24. The molecule has 0 radical (unpaired) electrons. The first-order valence-electron chi connectivity index (χ1n) is 7.42. The van der Waals surface area contributed by atoms with Crippen LogP contribution in [0.5, 0.6) is 0 Å². The molecule has 0 spiro atoms. The molecule has 0 fully saturated rings. The minimum atomic E-state index is 0.0490. The first-order chi connectivity index (χ1) is 10.4. The summed E-state index contributed by atoms with van der Waals surface area (Å²) in [5.41, 5.74) is 4.69. The minimum absolute atomic E-state index is 0.0490. The van der Waals surface area contributed by atoms with Gasteiger partial charge in [0.1, 0.15) is 0 Å². The first kappa shape index (κ1) is 16.1. The van der Waals surface area contributed by atoms with Crippen molar-refractivity contribution >= 4 is 5.91 Å². The number of nitrogens with zero attached hydrogens (tertiary/aromatic N) is 4. The van der Waals surface area contributed by atoms with Gasteiger partial charge in [0, 0.05) is 19.5 Å². The third-order valence-corrected chi connectivity index (χ3v) is 3.94. The van der Waals surface area contributed by atoms with Crippen LogP contribution >= 0.6 is 0 Å². The van der Waals surface area contributed by atoms with Crippen molar-refractivity contribution in [1.82, 2.24) is 25.5 Å². The van der Waals surface area contributed by atoms with Crippen molar-refractivity contribution in [2.75, 3.05) is 13.6 Å². The van der Waals surface area contributed by atoms with E-state index >= 15 is 0 Å². The number of aromatic amines is 1. The van der Waals surface area contributed by atoms with Crippen LogP contribution in [-0.4, -0.2) is 45.0 Å². The number of aryl methyl sites for hydroxylation is 3. The summed E-state index contributed by atoms with van der Waals surface area (Å²) < 4.78 is 0. The number of tetrazole rings is 1. The molecule has 2 rings (SSSR count). The van der Waals surface area contributed by atoms with Gasteiger partial charge in [-0.3, -0.25) is 4.79 Å². The molecule has 0 aliphatic heterocycles. The molecule has 22 heavy (non-hydrogen) atoms.